The predicted octanol–water partition coefficient (Wildman–Crippen LogP) is 3.81. The third-order valence-corrected chi connectivity index (χ3v) is 6.19. The van der Waals surface area contributed by atoms with Crippen molar-refractivity contribution in [3.8, 4) is 0 Å². The Kier molecular flexibility index (Phi) is 4.45. The minimum atomic E-state index is -1.33. The molecule has 1 aliphatic rings. The molecule has 0 bridgehead atoms. The van der Waals surface area contributed by atoms with Gasteiger partial charge in [0.05, 0.1) is 10.2 Å². The van der Waals surface area contributed by atoms with Crippen molar-refractivity contribution in [3.05, 3.63) is 0 Å². The van der Waals surface area contributed by atoms with Crippen LogP contribution in [0.15, 0.2) is 0 Å². The Morgan fingerprint density at radius 1 is 1.21 bits per heavy atom. The molecule has 1 rings (SSSR count). The fraction of sp³-hybridized carbons (Fsp3) is 1.00. The average Bonchev–Trinajstić information content (AvgIpc) is 2.60. The third kappa shape index (κ3) is 3.47. The van der Waals surface area contributed by atoms with Gasteiger partial charge in [-0.15, -0.1) is 23.5 Å². The van der Waals surface area contributed by atoms with Crippen molar-refractivity contribution in [1.29, 1.82) is 0 Å². The number of hydrogen-bond donors (Lipinski definition) is 0. The van der Waals surface area contributed by atoms with Gasteiger partial charge in [0.15, 0.2) is 8.32 Å². The molecule has 1 saturated carbocycles. The van der Waals surface area contributed by atoms with Crippen molar-refractivity contribution in [3.63, 3.8) is 0 Å². The van der Waals surface area contributed by atoms with Crippen LogP contribution in [0.3, 0.4) is 0 Å². The van der Waals surface area contributed by atoms with E-state index in [0.717, 1.165) is 0 Å². The van der Waals surface area contributed by atoms with Crippen molar-refractivity contribution in [1.82, 2.24) is 0 Å². The third-order valence-electron chi connectivity index (χ3n) is 2.07. The topological polar surface area (TPSA) is 9.23 Å². The molecule has 0 aliphatic heterocycles. The lowest BCUT2D eigenvalue weighted by molar-refractivity contribution is 0.295. The van der Waals surface area contributed by atoms with E-state index < -0.39 is 8.32 Å². The molecule has 0 aromatic rings. The zero-order valence-corrected chi connectivity index (χ0v) is 12.6. The first kappa shape index (κ1) is 12.9. The van der Waals surface area contributed by atoms with Crippen molar-refractivity contribution in [2.24, 2.45) is 0 Å². The summed E-state index contributed by atoms with van der Waals surface area (Å²) in [7, 11) is -1.33. The molecule has 0 radical (unpaired) electrons. The van der Waals surface area contributed by atoms with E-state index in [2.05, 4.69) is 57.0 Å². The molecule has 14 heavy (non-hydrogen) atoms. The monoisotopic (exact) mass is 250 g/mol. The highest BCUT2D eigenvalue weighted by molar-refractivity contribution is 8.18. The highest BCUT2D eigenvalue weighted by atomic mass is 32.2. The molecule has 1 atom stereocenters. The first-order chi connectivity index (χ1) is 6.43. The Balaban J connectivity index is 2.44. The molecule has 0 N–H and O–H groups in total. The number of hydrogen-bond acceptors (Lipinski definition) is 3. The Bertz CT molecular complexity index is 185. The van der Waals surface area contributed by atoms with Crippen LogP contribution < -0.4 is 0 Å². The van der Waals surface area contributed by atoms with Gasteiger partial charge in [0, 0.05) is 6.42 Å². The summed E-state index contributed by atoms with van der Waals surface area (Å²) in [4.78, 5) is 0. The largest absolute Gasteiger partial charge is 0.412 e. The highest BCUT2D eigenvalue weighted by Crippen LogP contribution is 2.59. The van der Waals surface area contributed by atoms with Crippen LogP contribution in [0.2, 0.25) is 19.6 Å². The maximum atomic E-state index is 6.17. The summed E-state index contributed by atoms with van der Waals surface area (Å²) < 4.78 is 6.59. The summed E-state index contributed by atoms with van der Waals surface area (Å²) in [6.07, 6.45) is 1.79. The van der Waals surface area contributed by atoms with Gasteiger partial charge >= 0.3 is 0 Å². The molecule has 0 amide bonds. The van der Waals surface area contributed by atoms with Crippen LogP contribution in [0.4, 0.5) is 0 Å². The van der Waals surface area contributed by atoms with E-state index in [1.165, 1.54) is 17.9 Å². The zero-order chi connectivity index (χ0) is 10.8. The number of thioether (sulfide) groups is 2. The van der Waals surface area contributed by atoms with Gasteiger partial charge in [-0.1, -0.05) is 13.8 Å². The summed E-state index contributed by atoms with van der Waals surface area (Å²) in [5.41, 5.74) is 0. The SMILES string of the molecule is CCSC1(SCC)C[C@H]1O[Si](C)(C)C. The van der Waals surface area contributed by atoms with E-state index in [9.17, 15) is 0 Å². The molecule has 0 saturated heterocycles. The Labute approximate surface area is 97.9 Å². The Morgan fingerprint density at radius 2 is 1.71 bits per heavy atom. The Morgan fingerprint density at radius 3 is 2.07 bits per heavy atom. The maximum absolute atomic E-state index is 6.17. The fourth-order valence-electron chi connectivity index (χ4n) is 1.59. The van der Waals surface area contributed by atoms with Gasteiger partial charge in [-0.2, -0.15) is 0 Å². The minimum absolute atomic E-state index is 0.420. The Hall–Kier alpha value is 0.877. The van der Waals surface area contributed by atoms with Gasteiger partial charge in [-0.3, -0.25) is 0 Å². The second-order valence-corrected chi connectivity index (χ2v) is 12.5. The smallest absolute Gasteiger partial charge is 0.184 e. The molecular formula is C10H22OS2Si. The molecular weight excluding hydrogens is 228 g/mol. The highest BCUT2D eigenvalue weighted by Gasteiger charge is 2.56. The van der Waals surface area contributed by atoms with E-state index in [1.807, 2.05) is 0 Å². The molecule has 1 fully saturated rings. The van der Waals surface area contributed by atoms with Crippen molar-refractivity contribution < 1.29 is 4.43 Å². The second-order valence-electron chi connectivity index (χ2n) is 4.60. The van der Waals surface area contributed by atoms with Crippen LogP contribution in [0.25, 0.3) is 0 Å². The first-order valence-corrected chi connectivity index (χ1v) is 10.8. The van der Waals surface area contributed by atoms with Gasteiger partial charge in [-0.05, 0) is 31.1 Å². The van der Waals surface area contributed by atoms with E-state index >= 15 is 0 Å². The zero-order valence-electron chi connectivity index (χ0n) is 9.92. The lowest BCUT2D eigenvalue weighted by Crippen LogP contribution is -2.29. The van der Waals surface area contributed by atoms with E-state index in [0.29, 0.717) is 10.2 Å². The maximum Gasteiger partial charge on any atom is 0.184 e. The van der Waals surface area contributed by atoms with Crippen molar-refractivity contribution in [2.45, 2.75) is 50.1 Å². The van der Waals surface area contributed by atoms with Gasteiger partial charge in [0.2, 0.25) is 0 Å². The molecule has 0 aromatic heterocycles. The fourth-order valence-corrected chi connectivity index (χ4v) is 5.92. The van der Waals surface area contributed by atoms with E-state index in [1.54, 1.807) is 0 Å². The van der Waals surface area contributed by atoms with Crippen LogP contribution >= 0.6 is 23.5 Å². The van der Waals surface area contributed by atoms with Gasteiger partial charge in [-0.25, -0.2) is 0 Å². The summed E-state index contributed by atoms with van der Waals surface area (Å²) in [6, 6.07) is 0. The van der Waals surface area contributed by atoms with E-state index in [-0.39, 0.29) is 0 Å². The van der Waals surface area contributed by atoms with Crippen molar-refractivity contribution in [2.75, 3.05) is 11.5 Å². The van der Waals surface area contributed by atoms with E-state index in [4.69, 9.17) is 4.43 Å². The van der Waals surface area contributed by atoms with Crippen LogP contribution in [0.1, 0.15) is 20.3 Å². The second kappa shape index (κ2) is 4.81. The quantitative estimate of drug-likeness (QED) is 0.524. The lowest BCUT2D eigenvalue weighted by Gasteiger charge is -2.21. The summed E-state index contributed by atoms with van der Waals surface area (Å²) in [5, 5.41) is 0. The molecule has 4 heteroatoms. The minimum Gasteiger partial charge on any atom is -0.412 e. The standard InChI is InChI=1S/C10H22OS2Si/c1-6-12-10(13-7-2)8-9(10)11-14(3,4)5/h9H,6-8H2,1-5H3/t9-/m1/s1. The average molecular weight is 251 g/mol. The normalized spacial score (nSPS) is 25.1. The summed E-state index contributed by atoms with van der Waals surface area (Å²) in [5.74, 6) is 2.41. The predicted molar refractivity (Wildman–Crippen MR) is 71.8 cm³/mol. The molecule has 0 spiro atoms. The first-order valence-electron chi connectivity index (χ1n) is 5.39. The van der Waals surface area contributed by atoms with Crippen LogP contribution in [-0.2, 0) is 4.43 Å². The molecule has 0 heterocycles. The molecule has 0 aromatic carbocycles. The summed E-state index contributed by atoms with van der Waals surface area (Å²) >= 11 is 4.16. The van der Waals surface area contributed by atoms with Crippen LogP contribution in [-0.4, -0.2) is 30.0 Å². The molecule has 0 unspecified atom stereocenters. The molecule has 84 valence electrons. The molecule has 1 aliphatic carbocycles. The van der Waals surface area contributed by atoms with Crippen LogP contribution in [0.5, 0.6) is 0 Å². The van der Waals surface area contributed by atoms with Crippen molar-refractivity contribution >= 4 is 31.8 Å². The lowest BCUT2D eigenvalue weighted by atomic mass is 10.9. The van der Waals surface area contributed by atoms with Gasteiger partial charge in [0.25, 0.3) is 0 Å². The van der Waals surface area contributed by atoms with Gasteiger partial charge in [0.1, 0.15) is 0 Å². The number of rotatable bonds is 6. The summed E-state index contributed by atoms with van der Waals surface area (Å²) in [6.45, 7) is 11.3. The molecule has 1 nitrogen and oxygen atoms in total. The van der Waals surface area contributed by atoms with Crippen LogP contribution in [0, 0.1) is 0 Å². The van der Waals surface area contributed by atoms with Gasteiger partial charge < -0.3 is 4.43 Å².